The highest BCUT2D eigenvalue weighted by Gasteiger charge is 2.20. The summed E-state index contributed by atoms with van der Waals surface area (Å²) < 4.78 is 26.8. The van der Waals surface area contributed by atoms with Gasteiger partial charge in [-0.1, -0.05) is 29.8 Å². The maximum Gasteiger partial charge on any atom is 0.186 e. The minimum absolute atomic E-state index is 0.210. The van der Waals surface area contributed by atoms with E-state index in [1.54, 1.807) is 42.3 Å². The van der Waals surface area contributed by atoms with E-state index in [4.69, 9.17) is 21.1 Å². The fourth-order valence-corrected chi connectivity index (χ4v) is 4.66. The molecule has 2 aromatic carbocycles. The molecule has 2 heterocycles. The predicted octanol–water partition coefficient (Wildman–Crippen LogP) is 6.00. The van der Waals surface area contributed by atoms with Gasteiger partial charge in [-0.25, -0.2) is 14.1 Å². The van der Waals surface area contributed by atoms with Gasteiger partial charge in [-0.05, 0) is 48.4 Å². The number of ether oxygens (including phenoxy) is 2. The second-order valence-electron chi connectivity index (χ2n) is 6.97. The monoisotopic (exact) mass is 457 g/mol. The molecule has 0 aliphatic carbocycles. The summed E-state index contributed by atoms with van der Waals surface area (Å²) in [6.45, 7) is 3.06. The van der Waals surface area contributed by atoms with Crippen LogP contribution < -0.4 is 4.74 Å². The normalized spacial score (nSPS) is 11.1. The van der Waals surface area contributed by atoms with Crippen LogP contribution in [0, 0.1) is 12.7 Å². The van der Waals surface area contributed by atoms with Crippen LogP contribution in [-0.4, -0.2) is 35.1 Å². The molecule has 0 fully saturated rings. The van der Waals surface area contributed by atoms with Crippen molar-refractivity contribution in [3.8, 4) is 38.3 Å². The Bertz CT molecular complexity index is 1200. The third-order valence-corrected chi connectivity index (χ3v) is 6.34. The number of rotatable bonds is 7. The summed E-state index contributed by atoms with van der Waals surface area (Å²) in [7, 11) is 3.44. The summed E-state index contributed by atoms with van der Waals surface area (Å²) in [5.41, 5.74) is 2.32. The minimum atomic E-state index is -0.446. The zero-order valence-electron chi connectivity index (χ0n) is 17.4. The Labute approximate surface area is 189 Å². The number of nitrogens with zero attached hydrogens (tertiary/aromatic N) is 3. The average Bonchev–Trinajstić information content (AvgIpc) is 3.31. The first kappa shape index (κ1) is 21.5. The average molecular weight is 458 g/mol. The highest BCUT2D eigenvalue weighted by atomic mass is 35.5. The Hall–Kier alpha value is -2.74. The van der Waals surface area contributed by atoms with Crippen molar-refractivity contribution < 1.29 is 13.9 Å². The van der Waals surface area contributed by atoms with Crippen LogP contribution >= 0.6 is 22.9 Å². The van der Waals surface area contributed by atoms with Crippen LogP contribution in [0.15, 0.2) is 48.5 Å². The summed E-state index contributed by atoms with van der Waals surface area (Å²) >= 11 is 7.80. The zero-order chi connectivity index (χ0) is 22.0. The van der Waals surface area contributed by atoms with Crippen molar-refractivity contribution in [3.63, 3.8) is 0 Å². The first-order valence-corrected chi connectivity index (χ1v) is 10.9. The zero-order valence-corrected chi connectivity index (χ0v) is 18.9. The standard InChI is InChI=1S/C23H21ClFN3O2S/c1-14-12-19(15-6-4-7-16(13-15)30-11-10-29-3)31-21(14)23-26-22(27-28(23)2)20-17(24)8-5-9-18(20)25/h4-9,12-13H,10-11H2,1-3H3. The van der Waals surface area contributed by atoms with Crippen molar-refractivity contribution in [2.24, 2.45) is 7.05 Å². The molecule has 31 heavy (non-hydrogen) atoms. The number of hydrogen-bond donors (Lipinski definition) is 0. The number of benzene rings is 2. The molecule has 4 aromatic rings. The van der Waals surface area contributed by atoms with E-state index in [2.05, 4.69) is 16.1 Å². The summed E-state index contributed by atoms with van der Waals surface area (Å²) in [5.74, 6) is 1.27. The molecule has 0 atom stereocenters. The summed E-state index contributed by atoms with van der Waals surface area (Å²) in [4.78, 5) is 6.66. The molecule has 0 aliphatic rings. The maximum atomic E-state index is 14.3. The Balaban J connectivity index is 1.68. The van der Waals surface area contributed by atoms with Gasteiger partial charge >= 0.3 is 0 Å². The van der Waals surface area contributed by atoms with E-state index in [1.165, 1.54) is 6.07 Å². The number of halogens is 2. The van der Waals surface area contributed by atoms with E-state index in [0.717, 1.165) is 26.6 Å². The fourth-order valence-electron chi connectivity index (χ4n) is 3.23. The number of aromatic nitrogens is 3. The molecule has 2 aromatic heterocycles. The Kier molecular flexibility index (Phi) is 6.36. The SMILES string of the molecule is COCCOc1cccc(-c2cc(C)c(-c3nc(-c4c(F)cccc4Cl)nn3C)s2)c1. The van der Waals surface area contributed by atoms with Crippen molar-refractivity contribution in [3.05, 3.63) is 64.9 Å². The lowest BCUT2D eigenvalue weighted by Crippen LogP contribution is -2.03. The predicted molar refractivity (Wildman–Crippen MR) is 122 cm³/mol. The van der Waals surface area contributed by atoms with Gasteiger partial charge in [0.15, 0.2) is 11.6 Å². The van der Waals surface area contributed by atoms with E-state index < -0.39 is 5.82 Å². The van der Waals surface area contributed by atoms with Gasteiger partial charge in [0.2, 0.25) is 0 Å². The molecule has 8 heteroatoms. The second-order valence-corrected chi connectivity index (χ2v) is 8.43. The largest absolute Gasteiger partial charge is 0.491 e. The molecule has 160 valence electrons. The van der Waals surface area contributed by atoms with Gasteiger partial charge in [0.25, 0.3) is 0 Å². The summed E-state index contributed by atoms with van der Waals surface area (Å²) in [6.07, 6.45) is 0. The van der Waals surface area contributed by atoms with Gasteiger partial charge in [0, 0.05) is 19.0 Å². The number of methoxy groups -OCH3 is 1. The summed E-state index contributed by atoms with van der Waals surface area (Å²) in [5, 5.41) is 4.70. The molecule has 0 spiro atoms. The molecule has 0 bridgehead atoms. The van der Waals surface area contributed by atoms with Crippen molar-refractivity contribution >= 4 is 22.9 Å². The van der Waals surface area contributed by atoms with Crippen LogP contribution in [-0.2, 0) is 11.8 Å². The molecule has 5 nitrogen and oxygen atoms in total. The van der Waals surface area contributed by atoms with Gasteiger partial charge in [-0.3, -0.25) is 0 Å². The van der Waals surface area contributed by atoms with Gasteiger partial charge in [-0.15, -0.1) is 11.3 Å². The van der Waals surface area contributed by atoms with E-state index in [-0.39, 0.29) is 16.4 Å². The minimum Gasteiger partial charge on any atom is -0.491 e. The molecular formula is C23H21ClFN3O2S. The topological polar surface area (TPSA) is 49.2 Å². The third kappa shape index (κ3) is 4.49. The van der Waals surface area contributed by atoms with Crippen LogP contribution in [0.3, 0.4) is 0 Å². The molecule has 0 aliphatic heterocycles. The lowest BCUT2D eigenvalue weighted by Gasteiger charge is -2.06. The fraction of sp³-hybridized carbons (Fsp3) is 0.217. The van der Waals surface area contributed by atoms with Crippen LogP contribution in [0.4, 0.5) is 4.39 Å². The lowest BCUT2D eigenvalue weighted by atomic mass is 10.1. The molecule has 0 unspecified atom stereocenters. The van der Waals surface area contributed by atoms with Crippen LogP contribution in [0.25, 0.3) is 32.5 Å². The highest BCUT2D eigenvalue weighted by molar-refractivity contribution is 7.19. The van der Waals surface area contributed by atoms with E-state index in [1.807, 2.05) is 31.2 Å². The molecule has 0 saturated carbocycles. The van der Waals surface area contributed by atoms with Crippen molar-refractivity contribution in [1.29, 1.82) is 0 Å². The summed E-state index contributed by atoms with van der Waals surface area (Å²) in [6, 6.07) is 14.6. The molecule has 4 rings (SSSR count). The first-order valence-electron chi connectivity index (χ1n) is 9.66. The van der Waals surface area contributed by atoms with Crippen molar-refractivity contribution in [2.75, 3.05) is 20.3 Å². The quantitative estimate of drug-likeness (QED) is 0.319. The van der Waals surface area contributed by atoms with Crippen molar-refractivity contribution in [1.82, 2.24) is 14.8 Å². The lowest BCUT2D eigenvalue weighted by molar-refractivity contribution is 0.146. The van der Waals surface area contributed by atoms with Crippen LogP contribution in [0.2, 0.25) is 5.02 Å². The molecular weight excluding hydrogens is 437 g/mol. The molecule has 0 amide bonds. The maximum absolute atomic E-state index is 14.3. The number of thiophene rings is 1. The van der Waals surface area contributed by atoms with Gasteiger partial charge in [0.1, 0.15) is 18.2 Å². The molecule has 0 N–H and O–H groups in total. The van der Waals surface area contributed by atoms with Gasteiger partial charge in [-0.2, -0.15) is 5.10 Å². The van der Waals surface area contributed by atoms with E-state index in [9.17, 15) is 4.39 Å². The first-order chi connectivity index (χ1) is 15.0. The van der Waals surface area contributed by atoms with Gasteiger partial charge in [0.05, 0.1) is 22.1 Å². The van der Waals surface area contributed by atoms with E-state index >= 15 is 0 Å². The Morgan fingerprint density at radius 1 is 1.13 bits per heavy atom. The van der Waals surface area contributed by atoms with Crippen LogP contribution in [0.1, 0.15) is 5.56 Å². The third-order valence-electron chi connectivity index (χ3n) is 4.75. The Morgan fingerprint density at radius 2 is 1.94 bits per heavy atom. The van der Waals surface area contributed by atoms with Gasteiger partial charge < -0.3 is 9.47 Å². The molecule has 0 radical (unpaired) electrons. The van der Waals surface area contributed by atoms with Crippen molar-refractivity contribution in [2.45, 2.75) is 6.92 Å². The smallest absolute Gasteiger partial charge is 0.186 e. The highest BCUT2D eigenvalue weighted by Crippen LogP contribution is 2.39. The number of aryl methyl sites for hydroxylation is 2. The second kappa shape index (κ2) is 9.18. The van der Waals surface area contributed by atoms with E-state index in [0.29, 0.717) is 19.0 Å². The van der Waals surface area contributed by atoms with Crippen LogP contribution in [0.5, 0.6) is 5.75 Å². The Morgan fingerprint density at radius 3 is 2.71 bits per heavy atom. The number of hydrogen-bond acceptors (Lipinski definition) is 5. The molecule has 0 saturated heterocycles.